The summed E-state index contributed by atoms with van der Waals surface area (Å²) < 4.78 is 29.8. The van der Waals surface area contributed by atoms with E-state index in [0.29, 0.717) is 36.9 Å². The van der Waals surface area contributed by atoms with Gasteiger partial charge in [0, 0.05) is 31.5 Å². The second-order valence-electron chi connectivity index (χ2n) is 6.64. The van der Waals surface area contributed by atoms with Crippen LogP contribution in [-0.4, -0.2) is 37.0 Å². The first-order valence-corrected chi connectivity index (χ1v) is 8.99. The monoisotopic (exact) mass is 372 g/mol. The summed E-state index contributed by atoms with van der Waals surface area (Å²) in [4.78, 5) is 14.5. The first-order chi connectivity index (χ1) is 13.2. The van der Waals surface area contributed by atoms with E-state index >= 15 is 0 Å². The number of carbonyl (C=O) groups excluding carboxylic acids is 1. The Labute approximate surface area is 156 Å². The minimum atomic E-state index is -0.319. The molecule has 0 aromatic heterocycles. The van der Waals surface area contributed by atoms with Gasteiger partial charge in [0.25, 0.3) is 0 Å². The number of amides is 2. The van der Waals surface area contributed by atoms with Gasteiger partial charge in [-0.25, -0.2) is 9.18 Å². The molecule has 0 spiro atoms. The molecule has 2 aliphatic heterocycles. The molecule has 0 radical (unpaired) electrons. The summed E-state index contributed by atoms with van der Waals surface area (Å²) in [5.41, 5.74) is 1.34. The smallest absolute Gasteiger partial charge is 0.322 e. The highest BCUT2D eigenvalue weighted by Gasteiger charge is 2.23. The second-order valence-corrected chi connectivity index (χ2v) is 6.64. The van der Waals surface area contributed by atoms with Crippen LogP contribution in [0, 0.1) is 5.82 Å². The number of nitrogens with zero attached hydrogens (tertiary/aromatic N) is 1. The van der Waals surface area contributed by atoms with Crippen molar-refractivity contribution in [3.05, 3.63) is 53.8 Å². The van der Waals surface area contributed by atoms with E-state index in [1.807, 2.05) is 0 Å². The van der Waals surface area contributed by atoms with E-state index in [1.54, 1.807) is 35.2 Å². The van der Waals surface area contributed by atoms with Crippen molar-refractivity contribution in [2.45, 2.75) is 25.5 Å². The molecule has 0 unspecified atom stereocenters. The van der Waals surface area contributed by atoms with Gasteiger partial charge >= 0.3 is 6.03 Å². The third-order valence-corrected chi connectivity index (χ3v) is 4.62. The molecule has 1 N–H and O–H groups in total. The van der Waals surface area contributed by atoms with Gasteiger partial charge in [-0.1, -0.05) is 12.1 Å². The van der Waals surface area contributed by atoms with Crippen LogP contribution in [0.5, 0.6) is 11.5 Å². The standard InChI is InChI=1S/C20H21FN2O4/c21-15-4-1-3-14(9-15)11-23(12-17-5-2-8-25-17)20(24)22-16-6-7-18-19(10-16)27-13-26-18/h1,3-4,6-7,9-10,17H,2,5,8,11-13H2,(H,22,24)/t17-/m1/s1. The van der Waals surface area contributed by atoms with Gasteiger partial charge in [0.2, 0.25) is 6.79 Å². The van der Waals surface area contributed by atoms with Crippen LogP contribution in [0.25, 0.3) is 0 Å². The summed E-state index contributed by atoms with van der Waals surface area (Å²) in [7, 11) is 0. The number of ether oxygens (including phenoxy) is 3. The number of benzene rings is 2. The fraction of sp³-hybridized carbons (Fsp3) is 0.350. The fourth-order valence-electron chi connectivity index (χ4n) is 3.29. The topological polar surface area (TPSA) is 60.0 Å². The molecule has 2 aliphatic rings. The van der Waals surface area contributed by atoms with Gasteiger partial charge in [0.15, 0.2) is 11.5 Å². The lowest BCUT2D eigenvalue weighted by atomic mass is 10.2. The summed E-state index contributed by atoms with van der Waals surface area (Å²) in [5.74, 6) is 0.938. The van der Waals surface area contributed by atoms with Crippen LogP contribution >= 0.6 is 0 Å². The molecule has 0 saturated carbocycles. The molecule has 6 nitrogen and oxygen atoms in total. The Bertz CT molecular complexity index is 823. The van der Waals surface area contributed by atoms with Crippen LogP contribution in [0.1, 0.15) is 18.4 Å². The Balaban J connectivity index is 1.48. The highest BCUT2D eigenvalue weighted by Crippen LogP contribution is 2.34. The van der Waals surface area contributed by atoms with Crippen LogP contribution in [0.2, 0.25) is 0 Å². The number of urea groups is 1. The zero-order chi connectivity index (χ0) is 18.6. The van der Waals surface area contributed by atoms with Crippen molar-refractivity contribution < 1.29 is 23.4 Å². The molecule has 142 valence electrons. The van der Waals surface area contributed by atoms with Crippen LogP contribution < -0.4 is 14.8 Å². The number of nitrogens with one attached hydrogen (secondary N) is 1. The van der Waals surface area contributed by atoms with Gasteiger partial charge in [0.1, 0.15) is 5.82 Å². The lowest BCUT2D eigenvalue weighted by molar-refractivity contribution is 0.0819. The van der Waals surface area contributed by atoms with Crippen LogP contribution in [-0.2, 0) is 11.3 Å². The first-order valence-electron chi connectivity index (χ1n) is 8.99. The maximum atomic E-state index is 13.5. The quantitative estimate of drug-likeness (QED) is 0.868. The molecule has 2 aromatic carbocycles. The number of fused-ring (bicyclic) bond motifs is 1. The van der Waals surface area contributed by atoms with Crippen molar-refractivity contribution in [3.8, 4) is 11.5 Å². The van der Waals surface area contributed by atoms with E-state index in [0.717, 1.165) is 18.4 Å². The normalized spacial score (nSPS) is 17.7. The van der Waals surface area contributed by atoms with E-state index in [-0.39, 0.29) is 24.7 Å². The summed E-state index contributed by atoms with van der Waals surface area (Å²) in [6, 6.07) is 11.3. The highest BCUT2D eigenvalue weighted by atomic mass is 19.1. The Morgan fingerprint density at radius 3 is 2.89 bits per heavy atom. The van der Waals surface area contributed by atoms with Gasteiger partial charge in [-0.3, -0.25) is 0 Å². The Morgan fingerprint density at radius 1 is 1.19 bits per heavy atom. The highest BCUT2D eigenvalue weighted by molar-refractivity contribution is 5.89. The zero-order valence-electron chi connectivity index (χ0n) is 14.8. The molecule has 4 rings (SSSR count). The van der Waals surface area contributed by atoms with Crippen molar-refractivity contribution >= 4 is 11.7 Å². The predicted octanol–water partition coefficient (Wildman–Crippen LogP) is 3.77. The number of halogens is 1. The average molecular weight is 372 g/mol. The molecule has 2 heterocycles. The summed E-state index contributed by atoms with van der Waals surface area (Å²) in [6.45, 7) is 1.64. The number of hydrogen-bond acceptors (Lipinski definition) is 4. The summed E-state index contributed by atoms with van der Waals surface area (Å²) >= 11 is 0. The third-order valence-electron chi connectivity index (χ3n) is 4.62. The molecular formula is C20H21FN2O4. The van der Waals surface area contributed by atoms with Crippen molar-refractivity contribution in [2.24, 2.45) is 0 Å². The van der Waals surface area contributed by atoms with E-state index in [4.69, 9.17) is 14.2 Å². The minimum Gasteiger partial charge on any atom is -0.454 e. The lowest BCUT2D eigenvalue weighted by Gasteiger charge is -2.26. The molecule has 2 amide bonds. The molecular weight excluding hydrogens is 351 g/mol. The molecule has 1 fully saturated rings. The molecule has 1 saturated heterocycles. The lowest BCUT2D eigenvalue weighted by Crippen LogP contribution is -2.39. The molecule has 27 heavy (non-hydrogen) atoms. The molecule has 1 atom stereocenters. The Morgan fingerprint density at radius 2 is 2.07 bits per heavy atom. The van der Waals surface area contributed by atoms with Crippen molar-refractivity contribution in [1.29, 1.82) is 0 Å². The minimum absolute atomic E-state index is 0.000984. The molecule has 0 aliphatic carbocycles. The van der Waals surface area contributed by atoms with E-state index in [2.05, 4.69) is 5.32 Å². The van der Waals surface area contributed by atoms with Crippen molar-refractivity contribution in [2.75, 3.05) is 25.3 Å². The van der Waals surface area contributed by atoms with Gasteiger partial charge in [0.05, 0.1) is 6.10 Å². The molecule has 2 aromatic rings. The average Bonchev–Trinajstić information content (AvgIpc) is 3.32. The maximum absolute atomic E-state index is 13.5. The van der Waals surface area contributed by atoms with E-state index in [1.165, 1.54) is 12.1 Å². The zero-order valence-corrected chi connectivity index (χ0v) is 14.8. The van der Waals surface area contributed by atoms with Gasteiger partial charge < -0.3 is 24.4 Å². The number of anilines is 1. The fourth-order valence-corrected chi connectivity index (χ4v) is 3.29. The number of carbonyl (C=O) groups is 1. The van der Waals surface area contributed by atoms with Crippen molar-refractivity contribution in [3.63, 3.8) is 0 Å². The van der Waals surface area contributed by atoms with Crippen LogP contribution in [0.3, 0.4) is 0 Å². The predicted molar refractivity (Wildman–Crippen MR) is 97.4 cm³/mol. The maximum Gasteiger partial charge on any atom is 0.322 e. The Kier molecular flexibility index (Phi) is 5.11. The van der Waals surface area contributed by atoms with Gasteiger partial charge in [-0.05, 0) is 42.7 Å². The second kappa shape index (κ2) is 7.84. The van der Waals surface area contributed by atoms with E-state index in [9.17, 15) is 9.18 Å². The number of hydrogen-bond donors (Lipinski definition) is 1. The summed E-state index contributed by atoms with van der Waals surface area (Å²) in [5, 5.41) is 2.88. The van der Waals surface area contributed by atoms with Crippen LogP contribution in [0.4, 0.5) is 14.9 Å². The van der Waals surface area contributed by atoms with Crippen molar-refractivity contribution in [1.82, 2.24) is 4.90 Å². The van der Waals surface area contributed by atoms with E-state index < -0.39 is 0 Å². The largest absolute Gasteiger partial charge is 0.454 e. The Hall–Kier alpha value is -2.80. The van der Waals surface area contributed by atoms with Gasteiger partial charge in [-0.15, -0.1) is 0 Å². The third kappa shape index (κ3) is 4.31. The van der Waals surface area contributed by atoms with Gasteiger partial charge in [-0.2, -0.15) is 0 Å². The first kappa shape index (κ1) is 17.6. The molecule has 7 heteroatoms. The molecule has 0 bridgehead atoms. The van der Waals surface area contributed by atoms with Crippen LogP contribution in [0.15, 0.2) is 42.5 Å². The SMILES string of the molecule is O=C(Nc1ccc2c(c1)OCO2)N(Cc1cccc(F)c1)C[C@H]1CCCO1. The number of rotatable bonds is 5. The summed E-state index contributed by atoms with van der Waals surface area (Å²) in [6.07, 6.45) is 1.90.